The maximum Gasteiger partial charge on any atom is 0.0207 e. The Bertz CT molecular complexity index is 159. The first-order valence-electron chi connectivity index (χ1n) is 5.36. The van der Waals surface area contributed by atoms with Crippen LogP contribution >= 0.6 is 11.8 Å². The molecule has 2 aliphatic rings. The molecule has 76 valence electrons. The SMILES string of the molecule is CSCCNC1CCN(C2CC2)C1. The molecule has 0 aromatic rings. The van der Waals surface area contributed by atoms with E-state index in [0.29, 0.717) is 0 Å². The third-order valence-electron chi connectivity index (χ3n) is 3.02. The van der Waals surface area contributed by atoms with Crippen molar-refractivity contribution < 1.29 is 0 Å². The van der Waals surface area contributed by atoms with Crippen LogP contribution in [0.1, 0.15) is 19.3 Å². The zero-order valence-corrected chi connectivity index (χ0v) is 9.28. The van der Waals surface area contributed by atoms with Crippen LogP contribution < -0.4 is 5.32 Å². The highest BCUT2D eigenvalue weighted by Crippen LogP contribution is 2.29. The van der Waals surface area contributed by atoms with Crippen LogP contribution in [0.4, 0.5) is 0 Å². The Kier molecular flexibility index (Phi) is 3.52. The minimum absolute atomic E-state index is 0.785. The van der Waals surface area contributed by atoms with Gasteiger partial charge in [0.05, 0.1) is 0 Å². The molecule has 0 aromatic heterocycles. The molecule has 2 nitrogen and oxygen atoms in total. The molecule has 0 radical (unpaired) electrons. The highest BCUT2D eigenvalue weighted by atomic mass is 32.2. The second kappa shape index (κ2) is 4.67. The number of nitrogens with one attached hydrogen (secondary N) is 1. The van der Waals surface area contributed by atoms with Crippen LogP contribution in [0.25, 0.3) is 0 Å². The van der Waals surface area contributed by atoms with Crippen molar-refractivity contribution in [2.45, 2.75) is 31.3 Å². The summed E-state index contributed by atoms with van der Waals surface area (Å²) in [6.45, 7) is 3.82. The molecule has 13 heavy (non-hydrogen) atoms. The number of likely N-dealkylation sites (tertiary alicyclic amines) is 1. The first-order valence-corrected chi connectivity index (χ1v) is 6.76. The number of thioether (sulfide) groups is 1. The minimum Gasteiger partial charge on any atom is -0.312 e. The van der Waals surface area contributed by atoms with Crippen LogP contribution in [0, 0.1) is 0 Å². The zero-order chi connectivity index (χ0) is 9.10. The first kappa shape index (κ1) is 9.81. The quantitative estimate of drug-likeness (QED) is 0.671. The van der Waals surface area contributed by atoms with Crippen molar-refractivity contribution in [3.63, 3.8) is 0 Å². The van der Waals surface area contributed by atoms with Gasteiger partial charge in [0.25, 0.3) is 0 Å². The van der Waals surface area contributed by atoms with Gasteiger partial charge < -0.3 is 5.32 Å². The summed E-state index contributed by atoms with van der Waals surface area (Å²) in [5, 5.41) is 3.63. The number of nitrogens with zero attached hydrogens (tertiary/aromatic N) is 1. The van der Waals surface area contributed by atoms with Crippen LogP contribution in [0.15, 0.2) is 0 Å². The smallest absolute Gasteiger partial charge is 0.0207 e. The van der Waals surface area contributed by atoms with Crippen LogP contribution in [0.3, 0.4) is 0 Å². The Morgan fingerprint density at radius 3 is 2.92 bits per heavy atom. The lowest BCUT2D eigenvalue weighted by Crippen LogP contribution is -2.34. The number of hydrogen-bond donors (Lipinski definition) is 1. The lowest BCUT2D eigenvalue weighted by Gasteiger charge is -2.15. The summed E-state index contributed by atoms with van der Waals surface area (Å²) in [5.74, 6) is 1.25. The number of hydrogen-bond acceptors (Lipinski definition) is 3. The van der Waals surface area contributed by atoms with Crippen molar-refractivity contribution in [1.29, 1.82) is 0 Å². The molecule has 1 heterocycles. The van der Waals surface area contributed by atoms with E-state index in [9.17, 15) is 0 Å². The molecule has 1 saturated carbocycles. The second-order valence-electron chi connectivity index (χ2n) is 4.16. The summed E-state index contributed by atoms with van der Waals surface area (Å²) >= 11 is 1.93. The van der Waals surface area contributed by atoms with Gasteiger partial charge in [0, 0.05) is 37.5 Å². The van der Waals surface area contributed by atoms with Crippen molar-refractivity contribution in [3.8, 4) is 0 Å². The molecule has 1 unspecified atom stereocenters. The van der Waals surface area contributed by atoms with Crippen molar-refractivity contribution in [1.82, 2.24) is 10.2 Å². The van der Waals surface area contributed by atoms with Gasteiger partial charge in [0.1, 0.15) is 0 Å². The fourth-order valence-corrected chi connectivity index (χ4v) is 2.41. The second-order valence-corrected chi connectivity index (χ2v) is 5.14. The van der Waals surface area contributed by atoms with Crippen LogP contribution in [-0.4, -0.2) is 48.6 Å². The summed E-state index contributed by atoms with van der Waals surface area (Å²) < 4.78 is 0. The van der Waals surface area contributed by atoms with E-state index in [4.69, 9.17) is 0 Å². The fourth-order valence-electron chi connectivity index (χ4n) is 2.09. The average Bonchev–Trinajstić information content (AvgIpc) is 2.88. The number of rotatable bonds is 5. The molecule has 1 aliphatic heterocycles. The molecule has 0 spiro atoms. The minimum atomic E-state index is 0.785. The van der Waals surface area contributed by atoms with Crippen LogP contribution in [-0.2, 0) is 0 Å². The highest BCUT2D eigenvalue weighted by molar-refractivity contribution is 7.98. The third-order valence-corrected chi connectivity index (χ3v) is 3.63. The Balaban J connectivity index is 1.60. The lowest BCUT2D eigenvalue weighted by molar-refractivity contribution is 0.318. The van der Waals surface area contributed by atoms with Gasteiger partial charge in [0.15, 0.2) is 0 Å². The highest BCUT2D eigenvalue weighted by Gasteiger charge is 2.33. The summed E-state index contributed by atoms with van der Waals surface area (Å²) in [4.78, 5) is 2.66. The molecule has 1 aliphatic carbocycles. The summed E-state index contributed by atoms with van der Waals surface area (Å²) in [6, 6.07) is 1.75. The Morgan fingerprint density at radius 1 is 1.38 bits per heavy atom. The lowest BCUT2D eigenvalue weighted by atomic mass is 10.3. The van der Waals surface area contributed by atoms with E-state index >= 15 is 0 Å². The fraction of sp³-hybridized carbons (Fsp3) is 1.00. The Labute approximate surface area is 85.4 Å². The van der Waals surface area contributed by atoms with Crippen molar-refractivity contribution in [2.24, 2.45) is 0 Å². The maximum absolute atomic E-state index is 3.63. The van der Waals surface area contributed by atoms with E-state index in [2.05, 4.69) is 16.5 Å². The van der Waals surface area contributed by atoms with E-state index in [0.717, 1.165) is 12.1 Å². The maximum atomic E-state index is 3.63. The van der Waals surface area contributed by atoms with Gasteiger partial charge in [-0.05, 0) is 25.5 Å². The molecule has 0 amide bonds. The predicted octanol–water partition coefficient (Wildman–Crippen LogP) is 1.18. The molecular formula is C10H20N2S. The average molecular weight is 200 g/mol. The van der Waals surface area contributed by atoms with E-state index in [-0.39, 0.29) is 0 Å². The van der Waals surface area contributed by atoms with Crippen LogP contribution in [0.2, 0.25) is 0 Å². The topological polar surface area (TPSA) is 15.3 Å². The van der Waals surface area contributed by atoms with Gasteiger partial charge in [-0.2, -0.15) is 11.8 Å². The summed E-state index contributed by atoms with van der Waals surface area (Å²) in [5.41, 5.74) is 0. The monoisotopic (exact) mass is 200 g/mol. The molecule has 1 N–H and O–H groups in total. The predicted molar refractivity (Wildman–Crippen MR) is 59.4 cm³/mol. The van der Waals surface area contributed by atoms with Crippen LogP contribution in [0.5, 0.6) is 0 Å². The van der Waals surface area contributed by atoms with Crippen molar-refractivity contribution in [3.05, 3.63) is 0 Å². The third kappa shape index (κ3) is 2.86. The van der Waals surface area contributed by atoms with Crippen molar-refractivity contribution in [2.75, 3.05) is 31.6 Å². The molecule has 2 rings (SSSR count). The van der Waals surface area contributed by atoms with Gasteiger partial charge in [-0.1, -0.05) is 0 Å². The van der Waals surface area contributed by atoms with Gasteiger partial charge in [-0.15, -0.1) is 0 Å². The Morgan fingerprint density at radius 2 is 2.23 bits per heavy atom. The summed E-state index contributed by atoms with van der Waals surface area (Å²) in [7, 11) is 0. The van der Waals surface area contributed by atoms with Crippen molar-refractivity contribution >= 4 is 11.8 Å². The molecule has 3 heteroatoms. The standard InChI is InChI=1S/C10H20N2S/c1-13-7-5-11-9-4-6-12(8-9)10-2-3-10/h9-11H,2-8H2,1H3. The van der Waals surface area contributed by atoms with Gasteiger partial charge >= 0.3 is 0 Å². The van der Waals surface area contributed by atoms with E-state index in [1.54, 1.807) is 0 Å². The molecule has 0 bridgehead atoms. The molecule has 1 saturated heterocycles. The molecule has 2 fully saturated rings. The van der Waals surface area contributed by atoms with Gasteiger partial charge in [0.2, 0.25) is 0 Å². The van der Waals surface area contributed by atoms with Gasteiger partial charge in [-0.25, -0.2) is 0 Å². The molecular weight excluding hydrogens is 180 g/mol. The Hall–Kier alpha value is 0.270. The molecule has 1 atom stereocenters. The van der Waals surface area contributed by atoms with Gasteiger partial charge in [-0.3, -0.25) is 4.90 Å². The van der Waals surface area contributed by atoms with E-state index < -0.39 is 0 Å². The first-order chi connectivity index (χ1) is 6.40. The largest absolute Gasteiger partial charge is 0.312 e. The van der Waals surface area contributed by atoms with E-state index in [1.165, 1.54) is 44.6 Å². The zero-order valence-electron chi connectivity index (χ0n) is 8.46. The molecule has 0 aromatic carbocycles. The van der Waals surface area contributed by atoms with E-state index in [1.807, 2.05) is 11.8 Å². The summed E-state index contributed by atoms with van der Waals surface area (Å²) in [6.07, 6.45) is 6.45. The normalized spacial score (nSPS) is 29.8.